The molecule has 3 heterocycles. The first-order valence-corrected chi connectivity index (χ1v) is 13.8. The van der Waals surface area contributed by atoms with Crippen LogP contribution in [0.1, 0.15) is 40.4 Å². The van der Waals surface area contributed by atoms with Gasteiger partial charge in [-0.25, -0.2) is 0 Å². The monoisotopic (exact) mass is 567 g/mol. The van der Waals surface area contributed by atoms with E-state index >= 15 is 0 Å². The number of carbonyl (C=O) groups excluding carboxylic acids is 2. The molecule has 8 nitrogen and oxygen atoms in total. The number of anilines is 1. The number of halogens is 1. The maximum Gasteiger partial charge on any atom is 0.296 e. The van der Waals surface area contributed by atoms with Crippen molar-refractivity contribution in [3.8, 4) is 5.75 Å². The molecular weight excluding hydrogens is 546 g/mol. The smallest absolute Gasteiger partial charge is 0.296 e. The largest absolute Gasteiger partial charge is 0.503 e. The van der Waals surface area contributed by atoms with Crippen LogP contribution < -0.4 is 9.64 Å². The zero-order chi connectivity index (χ0) is 26.8. The quantitative estimate of drug-likeness (QED) is 0.138. The Bertz CT molecular complexity index is 1530. The lowest BCUT2D eigenvalue weighted by atomic mass is 9.95. The van der Waals surface area contributed by atoms with Crippen molar-refractivity contribution in [2.24, 2.45) is 0 Å². The molecular formula is C27H22ClN3O5S2. The maximum absolute atomic E-state index is 13.5. The van der Waals surface area contributed by atoms with Crippen LogP contribution in [0.4, 0.5) is 5.13 Å². The van der Waals surface area contributed by atoms with Gasteiger partial charge < -0.3 is 14.3 Å². The first-order chi connectivity index (χ1) is 18.4. The molecule has 0 spiro atoms. The number of nitrogens with zero attached hydrogens (tertiary/aromatic N) is 3. The van der Waals surface area contributed by atoms with Crippen LogP contribution in [0.25, 0.3) is 0 Å². The van der Waals surface area contributed by atoms with Crippen LogP contribution in [-0.2, 0) is 10.5 Å². The van der Waals surface area contributed by atoms with E-state index in [1.165, 1.54) is 34.1 Å². The molecule has 2 aromatic carbocycles. The molecule has 0 bridgehead atoms. The van der Waals surface area contributed by atoms with E-state index in [1.807, 2.05) is 31.2 Å². The van der Waals surface area contributed by atoms with Gasteiger partial charge in [-0.05, 0) is 61.4 Å². The van der Waals surface area contributed by atoms with Crippen molar-refractivity contribution in [1.82, 2.24) is 10.2 Å². The Hall–Kier alpha value is -3.60. The number of amides is 1. The highest BCUT2D eigenvalue weighted by molar-refractivity contribution is 8.00. The summed E-state index contributed by atoms with van der Waals surface area (Å²) in [4.78, 5) is 28.2. The van der Waals surface area contributed by atoms with E-state index in [0.29, 0.717) is 38.8 Å². The van der Waals surface area contributed by atoms with Crippen LogP contribution in [0.2, 0.25) is 5.02 Å². The molecule has 1 amide bonds. The second-order valence-corrected chi connectivity index (χ2v) is 11.0. The van der Waals surface area contributed by atoms with Gasteiger partial charge in [-0.15, -0.1) is 10.2 Å². The second-order valence-electron chi connectivity index (χ2n) is 8.35. The minimum atomic E-state index is -0.956. The van der Waals surface area contributed by atoms with Gasteiger partial charge in [-0.1, -0.05) is 59.0 Å². The van der Waals surface area contributed by atoms with Crippen LogP contribution >= 0.6 is 34.7 Å². The number of thioether (sulfide) groups is 1. The zero-order valence-electron chi connectivity index (χ0n) is 20.4. The number of aliphatic hydroxyl groups excluding tert-OH is 1. The molecule has 1 unspecified atom stereocenters. The van der Waals surface area contributed by atoms with Gasteiger partial charge in [0.15, 0.2) is 15.9 Å². The minimum Gasteiger partial charge on any atom is -0.503 e. The number of carbonyl (C=O) groups is 2. The molecule has 1 atom stereocenters. The average Bonchev–Trinajstić information content (AvgIpc) is 3.62. The third-order valence-electron chi connectivity index (χ3n) is 5.78. The number of aromatic nitrogens is 2. The third-order valence-corrected chi connectivity index (χ3v) is 8.16. The average molecular weight is 568 g/mol. The fourth-order valence-corrected chi connectivity index (χ4v) is 6.01. The van der Waals surface area contributed by atoms with Crippen LogP contribution in [0.5, 0.6) is 5.75 Å². The number of ketones is 1. The molecule has 0 saturated heterocycles. The van der Waals surface area contributed by atoms with Crippen LogP contribution in [0.3, 0.4) is 0 Å². The summed E-state index contributed by atoms with van der Waals surface area (Å²) < 4.78 is 11.8. The van der Waals surface area contributed by atoms with Gasteiger partial charge in [0.1, 0.15) is 11.5 Å². The SMILES string of the molecule is CCOc1cccc(C2C(C(=O)c3ccc(C)o3)=C(O)C(=O)N2c2nnc(SCc3ccc(Cl)cc3)s2)c1. The Kier molecular flexibility index (Phi) is 7.55. The lowest BCUT2D eigenvalue weighted by Crippen LogP contribution is -2.31. The van der Waals surface area contributed by atoms with Crippen molar-refractivity contribution in [3.63, 3.8) is 0 Å². The summed E-state index contributed by atoms with van der Waals surface area (Å²) in [6.07, 6.45) is 0. The summed E-state index contributed by atoms with van der Waals surface area (Å²) in [6.45, 7) is 4.02. The minimum absolute atomic E-state index is 0.0288. The van der Waals surface area contributed by atoms with Crippen molar-refractivity contribution >= 4 is 51.5 Å². The summed E-state index contributed by atoms with van der Waals surface area (Å²) >= 11 is 8.63. The molecule has 194 valence electrons. The molecule has 0 aliphatic carbocycles. The molecule has 4 aromatic rings. The number of rotatable bonds is 9. The van der Waals surface area contributed by atoms with E-state index in [9.17, 15) is 14.7 Å². The van der Waals surface area contributed by atoms with E-state index in [-0.39, 0.29) is 16.5 Å². The number of furan rings is 1. The Morgan fingerprint density at radius 2 is 1.97 bits per heavy atom. The molecule has 0 saturated carbocycles. The van der Waals surface area contributed by atoms with E-state index in [0.717, 1.165) is 5.56 Å². The number of ether oxygens (including phenoxy) is 1. The van der Waals surface area contributed by atoms with Crippen LogP contribution in [0.15, 0.2) is 80.8 Å². The molecule has 1 aliphatic heterocycles. The number of benzene rings is 2. The highest BCUT2D eigenvalue weighted by atomic mass is 35.5. The molecule has 1 aliphatic rings. The molecule has 2 aromatic heterocycles. The van der Waals surface area contributed by atoms with Gasteiger partial charge in [0.05, 0.1) is 18.2 Å². The number of aryl methyl sites for hydroxylation is 1. The normalized spacial score (nSPS) is 15.4. The van der Waals surface area contributed by atoms with Crippen molar-refractivity contribution in [1.29, 1.82) is 0 Å². The molecule has 11 heteroatoms. The molecule has 0 fully saturated rings. The van der Waals surface area contributed by atoms with E-state index in [1.54, 1.807) is 37.3 Å². The first kappa shape index (κ1) is 26.0. The highest BCUT2D eigenvalue weighted by Gasteiger charge is 2.46. The zero-order valence-corrected chi connectivity index (χ0v) is 22.8. The number of Topliss-reactive ketones (excluding diaryl/α,β-unsaturated/α-hetero) is 1. The number of aliphatic hydroxyl groups is 1. The van der Waals surface area contributed by atoms with Gasteiger partial charge in [0, 0.05) is 10.8 Å². The predicted molar refractivity (Wildman–Crippen MR) is 146 cm³/mol. The molecule has 0 radical (unpaired) electrons. The second kappa shape index (κ2) is 11.0. The van der Waals surface area contributed by atoms with Crippen molar-refractivity contribution < 1.29 is 23.8 Å². The summed E-state index contributed by atoms with van der Waals surface area (Å²) in [5.74, 6) is -0.210. The van der Waals surface area contributed by atoms with Crippen molar-refractivity contribution in [3.05, 3.63) is 99.7 Å². The Labute approximate surface area is 231 Å². The van der Waals surface area contributed by atoms with E-state index in [4.69, 9.17) is 20.8 Å². The topological polar surface area (TPSA) is 106 Å². The molecule has 1 N–H and O–H groups in total. The molecule has 5 rings (SSSR count). The fraction of sp³-hybridized carbons (Fsp3) is 0.185. The van der Waals surface area contributed by atoms with Crippen LogP contribution in [0, 0.1) is 6.92 Å². The van der Waals surface area contributed by atoms with E-state index < -0.39 is 23.5 Å². The third kappa shape index (κ3) is 5.20. The molecule has 38 heavy (non-hydrogen) atoms. The van der Waals surface area contributed by atoms with Gasteiger partial charge in [-0.2, -0.15) is 0 Å². The fourth-order valence-electron chi connectivity index (χ4n) is 4.06. The highest BCUT2D eigenvalue weighted by Crippen LogP contribution is 2.44. The van der Waals surface area contributed by atoms with Gasteiger partial charge in [0.25, 0.3) is 5.91 Å². The maximum atomic E-state index is 13.5. The summed E-state index contributed by atoms with van der Waals surface area (Å²) in [5, 5.41) is 20.3. The van der Waals surface area contributed by atoms with Crippen molar-refractivity contribution in [2.75, 3.05) is 11.5 Å². The van der Waals surface area contributed by atoms with Crippen molar-refractivity contribution in [2.45, 2.75) is 30.0 Å². The Balaban J connectivity index is 1.50. The predicted octanol–water partition coefficient (Wildman–Crippen LogP) is 6.57. The number of hydrogen-bond acceptors (Lipinski definition) is 9. The van der Waals surface area contributed by atoms with Gasteiger partial charge >= 0.3 is 0 Å². The lowest BCUT2D eigenvalue weighted by molar-refractivity contribution is -0.117. The van der Waals surface area contributed by atoms with E-state index in [2.05, 4.69) is 10.2 Å². The lowest BCUT2D eigenvalue weighted by Gasteiger charge is -2.24. The summed E-state index contributed by atoms with van der Waals surface area (Å²) in [5.41, 5.74) is 1.54. The standard InChI is InChI=1S/C27H22ClN3O5S2/c1-3-35-19-6-4-5-17(13-19)22-21(23(32)20-12-7-15(2)36-20)24(33)25(34)31(22)26-29-30-27(38-26)37-14-16-8-10-18(28)11-9-16/h4-13,22,33H,3,14H2,1-2H3. The Morgan fingerprint density at radius 1 is 1.18 bits per heavy atom. The first-order valence-electron chi connectivity index (χ1n) is 11.7. The van der Waals surface area contributed by atoms with Gasteiger partial charge in [-0.3, -0.25) is 14.5 Å². The number of hydrogen-bond donors (Lipinski definition) is 1. The van der Waals surface area contributed by atoms with Gasteiger partial charge in [0.2, 0.25) is 10.9 Å². The van der Waals surface area contributed by atoms with Crippen LogP contribution in [-0.4, -0.2) is 33.6 Å². The Morgan fingerprint density at radius 3 is 2.68 bits per heavy atom. The summed E-state index contributed by atoms with van der Waals surface area (Å²) in [7, 11) is 0. The summed E-state index contributed by atoms with van der Waals surface area (Å²) in [6, 6.07) is 16.8.